The van der Waals surface area contributed by atoms with Crippen LogP contribution in [0.25, 0.3) is 11.3 Å². The largest absolute Gasteiger partial charge is 0.456 e. The van der Waals surface area contributed by atoms with Crippen molar-refractivity contribution in [3.63, 3.8) is 0 Å². The lowest BCUT2D eigenvalue weighted by molar-refractivity contribution is 0.00752. The van der Waals surface area contributed by atoms with E-state index in [1.165, 1.54) is 12.1 Å². The van der Waals surface area contributed by atoms with Crippen molar-refractivity contribution in [2.75, 3.05) is 0 Å². The Morgan fingerprint density at radius 2 is 2.10 bits per heavy atom. The van der Waals surface area contributed by atoms with E-state index in [1.807, 2.05) is 0 Å². The highest BCUT2D eigenvalue weighted by Crippen LogP contribution is 2.29. The van der Waals surface area contributed by atoms with Gasteiger partial charge in [0.05, 0.1) is 10.7 Å². The number of hydrogen-bond donors (Lipinski definition) is 0. The molecular formula is C14H13ClFNO2S. The van der Waals surface area contributed by atoms with Crippen LogP contribution in [-0.2, 0) is 4.74 Å². The second-order valence-electron chi connectivity index (χ2n) is 5.18. The minimum atomic E-state index is -0.581. The van der Waals surface area contributed by atoms with Gasteiger partial charge in [0.15, 0.2) is 5.82 Å². The van der Waals surface area contributed by atoms with Crippen LogP contribution in [0.3, 0.4) is 0 Å². The van der Waals surface area contributed by atoms with Crippen LogP contribution < -0.4 is 0 Å². The average molecular weight is 314 g/mol. The van der Waals surface area contributed by atoms with Crippen LogP contribution >= 0.6 is 23.1 Å². The molecule has 20 heavy (non-hydrogen) atoms. The van der Waals surface area contributed by atoms with Gasteiger partial charge in [-0.05, 0) is 50.5 Å². The monoisotopic (exact) mass is 313 g/mol. The average Bonchev–Trinajstić information content (AvgIpc) is 2.80. The first-order valence-electron chi connectivity index (χ1n) is 5.92. The van der Waals surface area contributed by atoms with Crippen molar-refractivity contribution >= 4 is 29.1 Å². The third kappa shape index (κ3) is 3.35. The molecule has 0 spiro atoms. The fourth-order valence-electron chi connectivity index (χ4n) is 1.53. The first kappa shape index (κ1) is 14.9. The predicted molar refractivity (Wildman–Crippen MR) is 77.7 cm³/mol. The maximum Gasteiger partial charge on any atom is 0.350 e. The van der Waals surface area contributed by atoms with Crippen LogP contribution in [-0.4, -0.2) is 15.9 Å². The topological polar surface area (TPSA) is 39.2 Å². The molecule has 2 aromatic rings. The van der Waals surface area contributed by atoms with Gasteiger partial charge in [-0.1, -0.05) is 17.7 Å². The molecule has 106 valence electrons. The summed E-state index contributed by atoms with van der Waals surface area (Å²) in [4.78, 5) is 12.2. The maximum atomic E-state index is 13.9. The van der Waals surface area contributed by atoms with Crippen LogP contribution in [0.2, 0.25) is 5.02 Å². The van der Waals surface area contributed by atoms with E-state index in [1.54, 1.807) is 32.9 Å². The maximum absolute atomic E-state index is 13.9. The second-order valence-corrected chi connectivity index (χ2v) is 6.39. The van der Waals surface area contributed by atoms with E-state index in [-0.39, 0.29) is 10.6 Å². The minimum absolute atomic E-state index is 0.0225. The molecule has 0 amide bonds. The van der Waals surface area contributed by atoms with Crippen molar-refractivity contribution in [3.05, 3.63) is 40.0 Å². The van der Waals surface area contributed by atoms with Crippen molar-refractivity contribution < 1.29 is 13.9 Å². The normalized spacial score (nSPS) is 11.4. The minimum Gasteiger partial charge on any atom is -0.456 e. The summed E-state index contributed by atoms with van der Waals surface area (Å²) in [6, 6.07) is 6.16. The van der Waals surface area contributed by atoms with Gasteiger partial charge in [-0.15, -0.1) is 0 Å². The van der Waals surface area contributed by atoms with E-state index >= 15 is 0 Å². The molecule has 2 rings (SSSR count). The number of nitrogens with zero attached hydrogens (tertiary/aromatic N) is 1. The number of esters is 1. The smallest absolute Gasteiger partial charge is 0.350 e. The van der Waals surface area contributed by atoms with Gasteiger partial charge in [-0.25, -0.2) is 9.18 Å². The van der Waals surface area contributed by atoms with Gasteiger partial charge in [-0.2, -0.15) is 4.37 Å². The fourth-order valence-corrected chi connectivity index (χ4v) is 2.33. The molecule has 0 unspecified atom stereocenters. The van der Waals surface area contributed by atoms with E-state index in [0.717, 1.165) is 11.5 Å². The zero-order valence-corrected chi connectivity index (χ0v) is 12.8. The molecule has 0 fully saturated rings. The number of halogens is 2. The molecule has 0 aliphatic carbocycles. The standard InChI is InChI=1S/C14H13ClFNO2S/c1-14(2,3)19-13(18)11-7-10(17-20-11)8-5-4-6-9(15)12(8)16/h4-7H,1-3H3. The zero-order valence-electron chi connectivity index (χ0n) is 11.2. The molecule has 0 aliphatic rings. The summed E-state index contributed by atoms with van der Waals surface area (Å²) < 4.78 is 23.2. The summed E-state index contributed by atoms with van der Waals surface area (Å²) >= 11 is 6.70. The van der Waals surface area contributed by atoms with Crippen LogP contribution in [0.1, 0.15) is 30.4 Å². The van der Waals surface area contributed by atoms with Gasteiger partial charge in [0, 0.05) is 5.56 Å². The summed E-state index contributed by atoms with van der Waals surface area (Å²) in [5.74, 6) is -1.01. The van der Waals surface area contributed by atoms with Gasteiger partial charge in [-0.3, -0.25) is 0 Å². The Labute approximate surface area is 125 Å². The Hall–Kier alpha value is -1.46. The third-order valence-electron chi connectivity index (χ3n) is 2.34. The Morgan fingerprint density at radius 3 is 2.75 bits per heavy atom. The fraction of sp³-hybridized carbons (Fsp3) is 0.286. The molecule has 3 nitrogen and oxygen atoms in total. The molecule has 0 bridgehead atoms. The third-order valence-corrected chi connectivity index (χ3v) is 3.40. The van der Waals surface area contributed by atoms with E-state index in [9.17, 15) is 9.18 Å². The number of hydrogen-bond acceptors (Lipinski definition) is 4. The lowest BCUT2D eigenvalue weighted by Gasteiger charge is -2.18. The number of carbonyl (C=O) groups excluding carboxylic acids is 1. The molecule has 0 atom stereocenters. The summed E-state index contributed by atoms with van der Waals surface area (Å²) in [5.41, 5.74) is 0.0575. The quantitative estimate of drug-likeness (QED) is 0.763. The molecule has 0 aliphatic heterocycles. The van der Waals surface area contributed by atoms with Crippen molar-refractivity contribution in [1.29, 1.82) is 0 Å². The van der Waals surface area contributed by atoms with E-state index < -0.39 is 17.4 Å². The molecule has 0 radical (unpaired) electrons. The summed E-state index contributed by atoms with van der Waals surface area (Å²) in [7, 11) is 0. The SMILES string of the molecule is CC(C)(C)OC(=O)c1cc(-c2cccc(Cl)c2F)ns1. The molecule has 0 saturated carbocycles. The first-order valence-corrected chi connectivity index (χ1v) is 7.07. The summed E-state index contributed by atoms with van der Waals surface area (Å²) in [6.07, 6.45) is 0. The Balaban J connectivity index is 2.30. The first-order chi connectivity index (χ1) is 9.28. The lowest BCUT2D eigenvalue weighted by Crippen LogP contribution is -2.23. The Morgan fingerprint density at radius 1 is 1.40 bits per heavy atom. The number of rotatable bonds is 2. The Bertz CT molecular complexity index is 649. The predicted octanol–water partition coefficient (Wildman–Crippen LogP) is 4.56. The van der Waals surface area contributed by atoms with Gasteiger partial charge in [0.1, 0.15) is 10.5 Å². The summed E-state index contributed by atoms with van der Waals surface area (Å²) in [5, 5.41) is 0.0225. The van der Waals surface area contributed by atoms with Crippen molar-refractivity contribution in [2.45, 2.75) is 26.4 Å². The van der Waals surface area contributed by atoms with Crippen LogP contribution in [0.4, 0.5) is 4.39 Å². The van der Waals surface area contributed by atoms with Gasteiger partial charge in [0.25, 0.3) is 0 Å². The lowest BCUT2D eigenvalue weighted by atomic mass is 10.1. The van der Waals surface area contributed by atoms with E-state index in [0.29, 0.717) is 10.6 Å². The zero-order chi connectivity index (χ0) is 14.9. The van der Waals surface area contributed by atoms with Gasteiger partial charge >= 0.3 is 5.97 Å². The van der Waals surface area contributed by atoms with Crippen LogP contribution in [0.15, 0.2) is 24.3 Å². The molecule has 1 aromatic carbocycles. The Kier molecular flexibility index (Phi) is 4.11. The van der Waals surface area contributed by atoms with Gasteiger partial charge < -0.3 is 4.74 Å². The van der Waals surface area contributed by atoms with E-state index in [4.69, 9.17) is 16.3 Å². The van der Waals surface area contributed by atoms with Crippen molar-refractivity contribution in [3.8, 4) is 11.3 Å². The highest BCUT2D eigenvalue weighted by atomic mass is 35.5. The molecule has 0 N–H and O–H groups in total. The highest BCUT2D eigenvalue weighted by molar-refractivity contribution is 7.08. The highest BCUT2D eigenvalue weighted by Gasteiger charge is 2.21. The van der Waals surface area contributed by atoms with Crippen LogP contribution in [0, 0.1) is 5.82 Å². The van der Waals surface area contributed by atoms with Crippen molar-refractivity contribution in [2.24, 2.45) is 0 Å². The molecule has 0 saturated heterocycles. The molecular weight excluding hydrogens is 301 g/mol. The summed E-state index contributed by atoms with van der Waals surface area (Å²) in [6.45, 7) is 5.34. The van der Waals surface area contributed by atoms with Crippen molar-refractivity contribution in [1.82, 2.24) is 4.37 Å². The number of ether oxygens (including phenoxy) is 1. The number of carbonyl (C=O) groups is 1. The van der Waals surface area contributed by atoms with Gasteiger partial charge in [0.2, 0.25) is 0 Å². The second kappa shape index (κ2) is 5.50. The number of aromatic nitrogens is 1. The molecule has 6 heteroatoms. The van der Waals surface area contributed by atoms with Crippen LogP contribution in [0.5, 0.6) is 0 Å². The van der Waals surface area contributed by atoms with E-state index in [2.05, 4.69) is 4.37 Å². The number of benzene rings is 1. The molecule has 1 aromatic heterocycles. The molecule has 1 heterocycles.